The van der Waals surface area contributed by atoms with Crippen molar-refractivity contribution in [1.82, 2.24) is 5.32 Å². The summed E-state index contributed by atoms with van der Waals surface area (Å²) in [5.41, 5.74) is -0.609. The van der Waals surface area contributed by atoms with Gasteiger partial charge in [-0.15, -0.1) is 0 Å². The summed E-state index contributed by atoms with van der Waals surface area (Å²) in [6.07, 6.45) is 6.09. The molecule has 0 radical (unpaired) electrons. The number of carbonyl (C=O) groups is 1. The van der Waals surface area contributed by atoms with Crippen molar-refractivity contribution in [2.24, 2.45) is 23.2 Å². The highest BCUT2D eigenvalue weighted by Gasteiger charge is 2.27. The number of aliphatic carboxylic acids is 1. The molecule has 1 saturated carbocycles. The van der Waals surface area contributed by atoms with Crippen LogP contribution in [-0.4, -0.2) is 24.2 Å². The molecule has 3 heteroatoms. The van der Waals surface area contributed by atoms with Crippen LogP contribution in [0.25, 0.3) is 0 Å². The molecule has 19 heavy (non-hydrogen) atoms. The first-order chi connectivity index (χ1) is 8.83. The molecule has 0 saturated heterocycles. The summed E-state index contributed by atoms with van der Waals surface area (Å²) in [5, 5.41) is 12.5. The number of carboxylic acids is 1. The number of hydrogen-bond donors (Lipinski definition) is 2. The van der Waals surface area contributed by atoms with Gasteiger partial charge in [0.2, 0.25) is 0 Å². The third kappa shape index (κ3) is 5.52. The van der Waals surface area contributed by atoms with Gasteiger partial charge in [-0.05, 0) is 76.8 Å². The van der Waals surface area contributed by atoms with Crippen molar-refractivity contribution in [1.29, 1.82) is 0 Å². The number of nitrogens with one attached hydrogen (secondary N) is 1. The topological polar surface area (TPSA) is 49.3 Å². The molecule has 0 unspecified atom stereocenters. The first-order valence-electron chi connectivity index (χ1n) is 7.77. The van der Waals surface area contributed by atoms with Crippen molar-refractivity contribution in [3.05, 3.63) is 0 Å². The Bertz CT molecular complexity index is 278. The van der Waals surface area contributed by atoms with E-state index in [1.54, 1.807) is 13.8 Å². The molecule has 0 heterocycles. The Morgan fingerprint density at radius 2 is 1.84 bits per heavy atom. The average molecular weight is 269 g/mol. The van der Waals surface area contributed by atoms with Gasteiger partial charge in [-0.1, -0.05) is 13.8 Å². The van der Waals surface area contributed by atoms with Crippen LogP contribution in [-0.2, 0) is 4.79 Å². The zero-order chi connectivity index (χ0) is 14.5. The fourth-order valence-electron chi connectivity index (χ4n) is 2.87. The first kappa shape index (κ1) is 16.5. The van der Waals surface area contributed by atoms with Crippen LogP contribution < -0.4 is 5.32 Å². The van der Waals surface area contributed by atoms with E-state index in [2.05, 4.69) is 19.2 Å². The van der Waals surface area contributed by atoms with Crippen LogP contribution in [0.2, 0.25) is 0 Å². The van der Waals surface area contributed by atoms with Crippen molar-refractivity contribution in [3.8, 4) is 0 Å². The van der Waals surface area contributed by atoms with E-state index in [0.717, 1.165) is 30.8 Å². The van der Waals surface area contributed by atoms with Crippen molar-refractivity contribution in [2.45, 2.75) is 59.8 Å². The van der Waals surface area contributed by atoms with Crippen molar-refractivity contribution in [3.63, 3.8) is 0 Å². The predicted molar refractivity (Wildman–Crippen MR) is 79.2 cm³/mol. The minimum absolute atomic E-state index is 0.609. The summed E-state index contributed by atoms with van der Waals surface area (Å²) in [5.74, 6) is 1.84. The summed E-state index contributed by atoms with van der Waals surface area (Å²) in [6.45, 7) is 10.1. The molecule has 1 aliphatic rings. The normalized spacial score (nSPS) is 24.7. The van der Waals surface area contributed by atoms with Gasteiger partial charge in [-0.2, -0.15) is 0 Å². The number of carboxylic acid groups (broad SMARTS) is 1. The monoisotopic (exact) mass is 269 g/mol. The second-order valence-electron chi connectivity index (χ2n) is 7.17. The van der Waals surface area contributed by atoms with Gasteiger partial charge in [0.05, 0.1) is 5.41 Å². The zero-order valence-corrected chi connectivity index (χ0v) is 13.0. The van der Waals surface area contributed by atoms with E-state index < -0.39 is 11.4 Å². The Balaban J connectivity index is 2.13. The van der Waals surface area contributed by atoms with E-state index in [1.807, 2.05) is 0 Å². The molecule has 1 rings (SSSR count). The van der Waals surface area contributed by atoms with E-state index >= 15 is 0 Å². The summed E-state index contributed by atoms with van der Waals surface area (Å²) < 4.78 is 0. The van der Waals surface area contributed by atoms with Crippen LogP contribution in [0.5, 0.6) is 0 Å². The molecule has 112 valence electrons. The van der Waals surface area contributed by atoms with E-state index in [0.29, 0.717) is 6.42 Å². The standard InChI is InChI=1S/C16H31NO2/c1-12(2)14-7-5-13(6-8-14)11-17-10-9-16(3,4)15(18)19/h12-14,17H,5-11H2,1-4H3,(H,18,19). The van der Waals surface area contributed by atoms with E-state index in [4.69, 9.17) is 5.11 Å². The summed E-state index contributed by atoms with van der Waals surface area (Å²) in [7, 11) is 0. The molecule has 1 fully saturated rings. The minimum atomic E-state index is -0.702. The lowest BCUT2D eigenvalue weighted by molar-refractivity contribution is -0.147. The number of hydrogen-bond acceptors (Lipinski definition) is 2. The van der Waals surface area contributed by atoms with Gasteiger partial charge in [-0.25, -0.2) is 0 Å². The average Bonchev–Trinajstić information content (AvgIpc) is 2.35. The van der Waals surface area contributed by atoms with Crippen molar-refractivity contribution < 1.29 is 9.90 Å². The fraction of sp³-hybridized carbons (Fsp3) is 0.938. The van der Waals surface area contributed by atoms with Gasteiger partial charge in [0.25, 0.3) is 0 Å². The van der Waals surface area contributed by atoms with Crippen LogP contribution in [0, 0.1) is 23.2 Å². The third-order valence-corrected chi connectivity index (χ3v) is 4.77. The first-order valence-corrected chi connectivity index (χ1v) is 7.77. The molecule has 0 aliphatic heterocycles. The Labute approximate surface area is 118 Å². The highest BCUT2D eigenvalue weighted by molar-refractivity contribution is 5.73. The molecular weight excluding hydrogens is 238 g/mol. The van der Waals surface area contributed by atoms with Crippen LogP contribution in [0.3, 0.4) is 0 Å². The SMILES string of the molecule is CC(C)C1CCC(CNCCC(C)(C)C(=O)O)CC1. The highest BCUT2D eigenvalue weighted by Crippen LogP contribution is 2.32. The molecule has 0 spiro atoms. The maximum absolute atomic E-state index is 11.0. The Hall–Kier alpha value is -0.570. The van der Waals surface area contributed by atoms with Gasteiger partial charge in [0, 0.05) is 0 Å². The largest absolute Gasteiger partial charge is 0.481 e. The summed E-state index contributed by atoms with van der Waals surface area (Å²) >= 11 is 0. The Kier molecular flexibility index (Phi) is 6.31. The predicted octanol–water partition coefficient (Wildman–Crippen LogP) is 3.54. The van der Waals surface area contributed by atoms with Crippen molar-refractivity contribution >= 4 is 5.97 Å². The maximum atomic E-state index is 11.0. The van der Waals surface area contributed by atoms with Crippen LogP contribution in [0.4, 0.5) is 0 Å². The lowest BCUT2D eigenvalue weighted by Gasteiger charge is -2.31. The van der Waals surface area contributed by atoms with E-state index in [9.17, 15) is 4.79 Å². The quantitative estimate of drug-likeness (QED) is 0.695. The van der Waals surface area contributed by atoms with Gasteiger partial charge in [-0.3, -0.25) is 4.79 Å². The molecule has 1 aliphatic carbocycles. The molecule has 0 aromatic heterocycles. The highest BCUT2D eigenvalue weighted by atomic mass is 16.4. The van der Waals surface area contributed by atoms with Crippen LogP contribution in [0.1, 0.15) is 59.8 Å². The molecule has 3 nitrogen and oxygen atoms in total. The summed E-state index contributed by atoms with van der Waals surface area (Å²) in [4.78, 5) is 11.0. The van der Waals surface area contributed by atoms with Crippen LogP contribution in [0.15, 0.2) is 0 Å². The second kappa shape index (κ2) is 7.28. The molecular formula is C16H31NO2. The van der Waals surface area contributed by atoms with Crippen LogP contribution >= 0.6 is 0 Å². The molecule has 0 aromatic rings. The van der Waals surface area contributed by atoms with Crippen molar-refractivity contribution in [2.75, 3.05) is 13.1 Å². The number of rotatable bonds is 7. The van der Waals surface area contributed by atoms with Gasteiger partial charge >= 0.3 is 5.97 Å². The Morgan fingerprint density at radius 1 is 1.26 bits per heavy atom. The van der Waals surface area contributed by atoms with E-state index in [-0.39, 0.29) is 0 Å². The lowest BCUT2D eigenvalue weighted by Crippen LogP contribution is -2.32. The summed E-state index contributed by atoms with van der Waals surface area (Å²) in [6, 6.07) is 0. The fourth-order valence-corrected chi connectivity index (χ4v) is 2.87. The Morgan fingerprint density at radius 3 is 2.32 bits per heavy atom. The second-order valence-corrected chi connectivity index (χ2v) is 7.17. The maximum Gasteiger partial charge on any atom is 0.309 e. The van der Waals surface area contributed by atoms with Gasteiger partial charge in [0.15, 0.2) is 0 Å². The zero-order valence-electron chi connectivity index (χ0n) is 13.0. The molecule has 0 atom stereocenters. The third-order valence-electron chi connectivity index (χ3n) is 4.77. The molecule has 0 aromatic carbocycles. The molecule has 0 amide bonds. The van der Waals surface area contributed by atoms with E-state index in [1.165, 1.54) is 25.7 Å². The van der Waals surface area contributed by atoms with Gasteiger partial charge in [0.1, 0.15) is 0 Å². The molecule has 2 N–H and O–H groups in total. The van der Waals surface area contributed by atoms with Gasteiger partial charge < -0.3 is 10.4 Å². The lowest BCUT2D eigenvalue weighted by atomic mass is 9.77. The smallest absolute Gasteiger partial charge is 0.309 e. The minimum Gasteiger partial charge on any atom is -0.481 e. The molecule has 0 bridgehead atoms.